The molecule has 3 heterocycles. The second kappa shape index (κ2) is 8.19. The van der Waals surface area contributed by atoms with Crippen LogP contribution in [0.1, 0.15) is 27.3 Å². The minimum Gasteiger partial charge on any atom is -0.389 e. The Kier molecular flexibility index (Phi) is 5.55. The van der Waals surface area contributed by atoms with E-state index in [9.17, 15) is 23.1 Å². The number of hydrogen-bond donors (Lipinski definition) is 2. The molecule has 0 unspecified atom stereocenters. The molecule has 1 amide bonds. The monoisotopic (exact) mass is 443 g/mol. The van der Waals surface area contributed by atoms with Gasteiger partial charge in [0.25, 0.3) is 5.91 Å². The molecule has 7 nitrogen and oxygen atoms in total. The molecule has 2 N–H and O–H groups in total. The number of hydrogen-bond acceptors (Lipinski definition) is 6. The van der Waals surface area contributed by atoms with Gasteiger partial charge in [0.15, 0.2) is 0 Å². The molecule has 0 aliphatic carbocycles. The van der Waals surface area contributed by atoms with Gasteiger partial charge in [0.1, 0.15) is 0 Å². The molecule has 1 saturated heterocycles. The number of β-amino-alcohol motifs (C(OH)–C–C–N with tert-alkyl or cyclic N) is 1. The quantitative estimate of drug-likeness (QED) is 0.640. The summed E-state index contributed by atoms with van der Waals surface area (Å²) in [5.74, 6) is -0.190. The first-order valence-corrected chi connectivity index (χ1v) is 9.84. The Morgan fingerprint density at radius 1 is 1.16 bits per heavy atom. The van der Waals surface area contributed by atoms with Gasteiger partial charge in [-0.3, -0.25) is 9.78 Å². The van der Waals surface area contributed by atoms with Crippen LogP contribution in [-0.4, -0.2) is 45.2 Å². The number of anilines is 2. The van der Waals surface area contributed by atoms with Gasteiger partial charge in [-0.2, -0.15) is 13.2 Å². The summed E-state index contributed by atoms with van der Waals surface area (Å²) < 4.78 is 38.8. The fourth-order valence-electron chi connectivity index (χ4n) is 3.35. The molecule has 0 spiro atoms. The fourth-order valence-corrected chi connectivity index (χ4v) is 3.35. The lowest BCUT2D eigenvalue weighted by Gasteiger charge is -2.36. The van der Waals surface area contributed by atoms with Gasteiger partial charge in [-0.25, -0.2) is 9.97 Å². The lowest BCUT2D eigenvalue weighted by molar-refractivity contribution is -0.137. The number of nitrogens with one attached hydrogen (secondary N) is 1. The van der Waals surface area contributed by atoms with Crippen LogP contribution in [0, 0.1) is 13.8 Å². The van der Waals surface area contributed by atoms with E-state index in [1.54, 1.807) is 19.1 Å². The van der Waals surface area contributed by atoms with Gasteiger partial charge in [-0.15, -0.1) is 0 Å². The summed E-state index contributed by atoms with van der Waals surface area (Å²) in [6.07, 6.45) is -3.50. The van der Waals surface area contributed by atoms with Crippen molar-refractivity contribution in [2.75, 3.05) is 23.3 Å². The van der Waals surface area contributed by atoms with Gasteiger partial charge in [0.2, 0.25) is 5.95 Å². The second-order valence-corrected chi connectivity index (χ2v) is 7.64. The molecule has 1 fully saturated rings. The van der Waals surface area contributed by atoms with Crippen molar-refractivity contribution >= 4 is 17.5 Å². The predicted octanol–water partition coefficient (Wildman–Crippen LogP) is 3.61. The molecule has 1 aliphatic rings. The summed E-state index contributed by atoms with van der Waals surface area (Å²) >= 11 is 0. The van der Waals surface area contributed by atoms with Crippen LogP contribution >= 0.6 is 0 Å². The Labute approximate surface area is 182 Å². The minimum absolute atomic E-state index is 0.113. The number of carbonyl (C=O) groups is 1. The molecule has 166 valence electrons. The number of halogens is 3. The van der Waals surface area contributed by atoms with E-state index in [1.807, 2.05) is 11.8 Å². The third-order valence-electron chi connectivity index (χ3n) is 5.06. The molecule has 10 heteroatoms. The van der Waals surface area contributed by atoms with Crippen LogP contribution in [0.4, 0.5) is 24.8 Å². The number of amides is 1. The number of pyridine rings is 1. The Morgan fingerprint density at radius 2 is 1.91 bits per heavy atom. The van der Waals surface area contributed by atoms with Gasteiger partial charge >= 0.3 is 6.18 Å². The third kappa shape index (κ3) is 4.54. The first-order chi connectivity index (χ1) is 15.1. The summed E-state index contributed by atoms with van der Waals surface area (Å²) in [7, 11) is 0. The number of nitrogens with zero attached hydrogens (tertiary/aromatic N) is 4. The zero-order chi connectivity index (χ0) is 23.0. The number of rotatable bonds is 4. The average Bonchev–Trinajstić information content (AvgIpc) is 2.71. The van der Waals surface area contributed by atoms with Gasteiger partial charge < -0.3 is 15.3 Å². The van der Waals surface area contributed by atoms with Crippen molar-refractivity contribution in [3.8, 4) is 11.3 Å². The van der Waals surface area contributed by atoms with E-state index in [1.165, 1.54) is 18.3 Å². The molecule has 0 atom stereocenters. The minimum atomic E-state index is -4.54. The molecule has 4 rings (SSSR count). The average molecular weight is 443 g/mol. The van der Waals surface area contributed by atoms with Crippen LogP contribution in [0.25, 0.3) is 11.3 Å². The van der Waals surface area contributed by atoms with Crippen LogP contribution in [0.2, 0.25) is 0 Å². The van der Waals surface area contributed by atoms with Crippen molar-refractivity contribution in [3.63, 3.8) is 0 Å². The number of aliphatic hydroxyl groups excluding tert-OH is 1. The van der Waals surface area contributed by atoms with Crippen molar-refractivity contribution in [2.45, 2.75) is 26.1 Å². The highest BCUT2D eigenvalue weighted by Crippen LogP contribution is 2.30. The largest absolute Gasteiger partial charge is 0.416 e. The second-order valence-electron chi connectivity index (χ2n) is 7.64. The van der Waals surface area contributed by atoms with Crippen molar-refractivity contribution in [3.05, 3.63) is 65.1 Å². The maximum atomic E-state index is 12.9. The number of benzene rings is 1. The standard InChI is InChI=1S/C22H20F3N5O2/c1-12-6-19(29-21(27-12)30-10-17(31)11-30)18-8-16(9-26-13(18)2)28-20(32)14-4-3-5-15(7-14)22(23,24)25/h3-9,17,31H,10-11H2,1-2H3,(H,28,32). The summed E-state index contributed by atoms with van der Waals surface area (Å²) in [4.78, 5) is 27.7. The highest BCUT2D eigenvalue weighted by atomic mass is 19.4. The number of carbonyl (C=O) groups excluding carboxylic acids is 1. The van der Waals surface area contributed by atoms with E-state index in [4.69, 9.17) is 0 Å². The molecule has 32 heavy (non-hydrogen) atoms. The molecule has 0 radical (unpaired) electrons. The smallest absolute Gasteiger partial charge is 0.389 e. The maximum absolute atomic E-state index is 12.9. The first-order valence-electron chi connectivity index (χ1n) is 9.84. The SMILES string of the molecule is Cc1cc(-c2cc(NC(=O)c3cccc(C(F)(F)F)c3)cnc2C)nc(N2CC(O)C2)n1. The Balaban J connectivity index is 1.61. The number of aryl methyl sites for hydroxylation is 2. The zero-order valence-electron chi connectivity index (χ0n) is 17.3. The summed E-state index contributed by atoms with van der Waals surface area (Å²) in [6.45, 7) is 4.52. The Hall–Kier alpha value is -3.53. The number of alkyl halides is 3. The molecule has 1 aliphatic heterocycles. The van der Waals surface area contributed by atoms with Gasteiger partial charge in [-0.05, 0) is 44.2 Å². The molecule has 2 aromatic heterocycles. The Bertz CT molecular complexity index is 1180. The van der Waals surface area contributed by atoms with Gasteiger partial charge in [0.05, 0.1) is 29.2 Å². The highest BCUT2D eigenvalue weighted by molar-refractivity contribution is 6.04. The lowest BCUT2D eigenvalue weighted by Crippen LogP contribution is -2.51. The topological polar surface area (TPSA) is 91.2 Å². The molecule has 0 bridgehead atoms. The van der Waals surface area contributed by atoms with E-state index < -0.39 is 23.8 Å². The summed E-state index contributed by atoms with van der Waals surface area (Å²) in [5, 5.41) is 12.1. The highest BCUT2D eigenvalue weighted by Gasteiger charge is 2.31. The molecule has 3 aromatic rings. The first kappa shape index (κ1) is 21.7. The van der Waals surface area contributed by atoms with E-state index in [2.05, 4.69) is 20.3 Å². The fraction of sp³-hybridized carbons (Fsp3) is 0.273. The third-order valence-corrected chi connectivity index (χ3v) is 5.06. The summed E-state index contributed by atoms with van der Waals surface area (Å²) in [6, 6.07) is 7.67. The predicted molar refractivity (Wildman–Crippen MR) is 112 cm³/mol. The molecule has 0 saturated carbocycles. The van der Waals surface area contributed by atoms with Crippen LogP contribution in [0.3, 0.4) is 0 Å². The van der Waals surface area contributed by atoms with Crippen LogP contribution in [0.5, 0.6) is 0 Å². The molecular weight excluding hydrogens is 423 g/mol. The van der Waals surface area contributed by atoms with E-state index >= 15 is 0 Å². The van der Waals surface area contributed by atoms with Crippen molar-refractivity contribution in [2.24, 2.45) is 0 Å². The lowest BCUT2D eigenvalue weighted by atomic mass is 10.1. The van der Waals surface area contributed by atoms with Crippen molar-refractivity contribution in [1.82, 2.24) is 15.0 Å². The van der Waals surface area contributed by atoms with Gasteiger partial charge in [-0.1, -0.05) is 6.07 Å². The van der Waals surface area contributed by atoms with Crippen LogP contribution in [0.15, 0.2) is 42.6 Å². The maximum Gasteiger partial charge on any atom is 0.416 e. The zero-order valence-corrected chi connectivity index (χ0v) is 17.3. The van der Waals surface area contributed by atoms with E-state index in [0.717, 1.165) is 17.8 Å². The summed E-state index contributed by atoms with van der Waals surface area (Å²) in [5.41, 5.74) is 1.95. The van der Waals surface area contributed by atoms with E-state index in [-0.39, 0.29) is 5.56 Å². The Morgan fingerprint density at radius 3 is 2.59 bits per heavy atom. The van der Waals surface area contributed by atoms with Crippen molar-refractivity contribution < 1.29 is 23.1 Å². The number of aromatic nitrogens is 3. The number of aliphatic hydroxyl groups is 1. The van der Waals surface area contributed by atoms with E-state index in [0.29, 0.717) is 41.7 Å². The normalized spacial score (nSPS) is 14.2. The molecule has 1 aromatic carbocycles. The van der Waals surface area contributed by atoms with Crippen LogP contribution < -0.4 is 10.2 Å². The van der Waals surface area contributed by atoms with Crippen molar-refractivity contribution in [1.29, 1.82) is 0 Å². The molecular formula is C22H20F3N5O2. The van der Waals surface area contributed by atoms with Gasteiger partial charge in [0, 0.05) is 35.6 Å². The van der Waals surface area contributed by atoms with Crippen LogP contribution in [-0.2, 0) is 6.18 Å².